The second kappa shape index (κ2) is 14.8. The van der Waals surface area contributed by atoms with Gasteiger partial charge >= 0.3 is 0 Å². The van der Waals surface area contributed by atoms with Gasteiger partial charge in [0.15, 0.2) is 0 Å². The monoisotopic (exact) mass is 601 g/mol. The third-order valence-electron chi connectivity index (χ3n) is 8.58. The minimum absolute atomic E-state index is 0.182. The van der Waals surface area contributed by atoms with E-state index in [9.17, 15) is 9.90 Å². The number of aromatic nitrogens is 3. The molecule has 2 aromatic carbocycles. The van der Waals surface area contributed by atoms with E-state index in [2.05, 4.69) is 51.0 Å². The molecular weight excluding hydrogens is 557 g/mol. The number of aliphatic hydroxyl groups excluding tert-OH is 1. The molecule has 2 atom stereocenters. The molecule has 8 nitrogen and oxygen atoms in total. The number of methoxy groups -OCH3 is 1. The summed E-state index contributed by atoms with van der Waals surface area (Å²) in [6.45, 7) is 6.96. The fourth-order valence-corrected chi connectivity index (χ4v) is 6.38. The van der Waals surface area contributed by atoms with Gasteiger partial charge in [-0.2, -0.15) is 0 Å². The van der Waals surface area contributed by atoms with Crippen molar-refractivity contribution in [2.45, 2.75) is 70.9 Å². The number of benzene rings is 2. The van der Waals surface area contributed by atoms with Crippen molar-refractivity contribution < 1.29 is 19.0 Å². The largest absolute Gasteiger partial charge is 0.392 e. The summed E-state index contributed by atoms with van der Waals surface area (Å²) in [6, 6.07) is 13.6. The molecule has 1 unspecified atom stereocenters. The van der Waals surface area contributed by atoms with Gasteiger partial charge in [0, 0.05) is 81.3 Å². The first-order valence-corrected chi connectivity index (χ1v) is 15.7. The van der Waals surface area contributed by atoms with Crippen LogP contribution in [0.2, 0.25) is 0 Å². The third-order valence-corrected chi connectivity index (χ3v) is 8.58. The Morgan fingerprint density at radius 3 is 2.64 bits per heavy atom. The maximum atomic E-state index is 15.0. The van der Waals surface area contributed by atoms with E-state index in [1.165, 1.54) is 11.6 Å². The number of aliphatic hydroxyl groups is 1. The molecule has 9 heteroatoms. The minimum Gasteiger partial charge on any atom is -0.392 e. The van der Waals surface area contributed by atoms with Crippen LogP contribution in [-0.2, 0) is 22.5 Å². The van der Waals surface area contributed by atoms with Crippen molar-refractivity contribution in [3.05, 3.63) is 77.5 Å². The summed E-state index contributed by atoms with van der Waals surface area (Å²) < 4.78 is 22.5. The zero-order valence-corrected chi connectivity index (χ0v) is 26.1. The maximum absolute atomic E-state index is 15.0. The second-order valence-corrected chi connectivity index (χ2v) is 11.9. The highest BCUT2D eigenvalue weighted by Crippen LogP contribution is 2.37. The Hall–Kier alpha value is -3.82. The van der Waals surface area contributed by atoms with Gasteiger partial charge in [0.25, 0.3) is 0 Å². The third kappa shape index (κ3) is 7.45. The van der Waals surface area contributed by atoms with Gasteiger partial charge in [0.05, 0.1) is 11.6 Å². The number of rotatable bonds is 13. The number of likely N-dealkylation sites (tertiary alicyclic amines) is 1. The van der Waals surface area contributed by atoms with E-state index in [4.69, 9.17) is 4.74 Å². The summed E-state index contributed by atoms with van der Waals surface area (Å²) in [7, 11) is 1.69. The molecule has 2 N–H and O–H groups in total. The molecule has 2 aromatic heterocycles. The highest BCUT2D eigenvalue weighted by molar-refractivity contribution is 5.86. The Labute approximate surface area is 259 Å². The molecule has 234 valence electrons. The van der Waals surface area contributed by atoms with Gasteiger partial charge in [-0.3, -0.25) is 4.79 Å². The number of anilines is 1. The molecule has 4 aromatic rings. The minimum atomic E-state index is -0.468. The standard InChI is InChI=1S/C35H44FN5O3/c1-24(42)20-37-35-38-21-29(22-39-35)27-15-13-26(14-16-27)8-4-12-32(43)40-17-6-9-28(23-40)33-25(2)30-10-5-11-31(36)34(30)41(33)18-7-19-44-3/h5,10-11,13-16,21-22,24,28,42H,4,6-9,12,17-20,23H2,1-3H3,(H,37,38,39)/t24-,28?/m0/s1. The molecule has 5 rings (SSSR count). The number of aryl methyl sites for hydroxylation is 3. The Balaban J connectivity index is 1.18. The predicted molar refractivity (Wildman–Crippen MR) is 172 cm³/mol. The number of nitrogens with zero attached hydrogens (tertiary/aromatic N) is 4. The van der Waals surface area contributed by atoms with Crippen LogP contribution in [0.15, 0.2) is 54.9 Å². The lowest BCUT2D eigenvalue weighted by Gasteiger charge is -2.34. The number of para-hydroxylation sites is 1. The van der Waals surface area contributed by atoms with Crippen LogP contribution in [0.25, 0.3) is 22.0 Å². The number of carbonyl (C=O) groups excluding carboxylic acids is 1. The number of piperidine rings is 1. The normalized spacial score (nSPS) is 15.9. The van der Waals surface area contributed by atoms with Crippen molar-refractivity contribution >= 4 is 22.8 Å². The fourth-order valence-electron chi connectivity index (χ4n) is 6.38. The highest BCUT2D eigenvalue weighted by atomic mass is 19.1. The quantitative estimate of drug-likeness (QED) is 0.180. The smallest absolute Gasteiger partial charge is 0.222 e. The van der Waals surface area contributed by atoms with Crippen molar-refractivity contribution in [1.82, 2.24) is 19.4 Å². The number of ether oxygens (including phenoxy) is 1. The van der Waals surface area contributed by atoms with Crippen LogP contribution in [0.3, 0.4) is 0 Å². The van der Waals surface area contributed by atoms with E-state index >= 15 is 4.39 Å². The van der Waals surface area contributed by atoms with Gasteiger partial charge < -0.3 is 24.6 Å². The van der Waals surface area contributed by atoms with Crippen LogP contribution in [0.1, 0.15) is 61.8 Å². The predicted octanol–water partition coefficient (Wildman–Crippen LogP) is 6.10. The number of hydrogen-bond donors (Lipinski definition) is 2. The van der Waals surface area contributed by atoms with Crippen LogP contribution in [-0.4, -0.2) is 69.9 Å². The summed E-state index contributed by atoms with van der Waals surface area (Å²) >= 11 is 0. The van der Waals surface area contributed by atoms with Crippen LogP contribution < -0.4 is 5.32 Å². The average molecular weight is 602 g/mol. The number of fused-ring (bicyclic) bond motifs is 1. The summed E-state index contributed by atoms with van der Waals surface area (Å²) in [5.41, 5.74) is 6.09. The van der Waals surface area contributed by atoms with Crippen molar-refractivity contribution in [1.29, 1.82) is 0 Å². The van der Waals surface area contributed by atoms with Crippen LogP contribution in [0.5, 0.6) is 0 Å². The topological polar surface area (TPSA) is 92.5 Å². The van der Waals surface area contributed by atoms with Crippen LogP contribution in [0, 0.1) is 12.7 Å². The Morgan fingerprint density at radius 2 is 1.91 bits per heavy atom. The van der Waals surface area contributed by atoms with Gasteiger partial charge in [0.2, 0.25) is 11.9 Å². The first-order valence-electron chi connectivity index (χ1n) is 15.7. The number of nitrogens with one attached hydrogen (secondary N) is 1. The van der Waals surface area contributed by atoms with Gasteiger partial charge in [-0.25, -0.2) is 14.4 Å². The first kappa shape index (κ1) is 31.6. The molecular formula is C35H44FN5O3. The molecule has 0 spiro atoms. The molecule has 1 aliphatic heterocycles. The van der Waals surface area contributed by atoms with E-state index < -0.39 is 6.10 Å². The molecule has 1 saturated heterocycles. The lowest BCUT2D eigenvalue weighted by Crippen LogP contribution is -2.39. The van der Waals surface area contributed by atoms with Crippen molar-refractivity contribution in [2.75, 3.05) is 38.7 Å². The number of halogens is 1. The van der Waals surface area contributed by atoms with Gasteiger partial charge in [-0.05, 0) is 68.7 Å². The van der Waals surface area contributed by atoms with Crippen LogP contribution in [0.4, 0.5) is 10.3 Å². The molecule has 1 amide bonds. The molecule has 1 aliphatic rings. The van der Waals surface area contributed by atoms with E-state index in [0.717, 1.165) is 66.4 Å². The molecule has 3 heterocycles. The number of amides is 1. The molecule has 0 aliphatic carbocycles. The first-order chi connectivity index (χ1) is 21.4. The zero-order valence-electron chi connectivity index (χ0n) is 26.1. The molecule has 44 heavy (non-hydrogen) atoms. The van der Waals surface area contributed by atoms with Gasteiger partial charge in [-0.15, -0.1) is 0 Å². The summed E-state index contributed by atoms with van der Waals surface area (Å²) in [5, 5.41) is 13.4. The molecule has 1 fully saturated rings. The Bertz CT molecular complexity index is 1540. The molecule has 0 bridgehead atoms. The lowest BCUT2D eigenvalue weighted by molar-refractivity contribution is -0.132. The SMILES string of the molecule is COCCCn1c(C2CCCN(C(=O)CCCc3ccc(-c4cnc(NC[C@H](C)O)nc4)cc3)C2)c(C)c2cccc(F)c21. The lowest BCUT2D eigenvalue weighted by atomic mass is 9.91. The van der Waals surface area contributed by atoms with Crippen molar-refractivity contribution in [3.8, 4) is 11.1 Å². The summed E-state index contributed by atoms with van der Waals surface area (Å²) in [4.78, 5) is 24.0. The van der Waals surface area contributed by atoms with Gasteiger partial charge in [-0.1, -0.05) is 36.4 Å². The second-order valence-electron chi connectivity index (χ2n) is 11.9. The number of carbonyl (C=O) groups is 1. The fraction of sp³-hybridized carbons (Fsp3) is 0.457. The summed E-state index contributed by atoms with van der Waals surface area (Å²) in [5.74, 6) is 0.670. The van der Waals surface area contributed by atoms with E-state index in [1.54, 1.807) is 32.5 Å². The van der Waals surface area contributed by atoms with Crippen molar-refractivity contribution in [2.24, 2.45) is 0 Å². The number of hydrogen-bond acceptors (Lipinski definition) is 6. The Kier molecular flexibility index (Phi) is 10.6. The van der Waals surface area contributed by atoms with Gasteiger partial charge in [0.1, 0.15) is 5.82 Å². The average Bonchev–Trinajstić information content (AvgIpc) is 3.33. The molecule has 0 saturated carbocycles. The maximum Gasteiger partial charge on any atom is 0.222 e. The van der Waals surface area contributed by atoms with E-state index in [0.29, 0.717) is 44.1 Å². The van der Waals surface area contributed by atoms with Crippen molar-refractivity contribution in [3.63, 3.8) is 0 Å². The Morgan fingerprint density at radius 1 is 1.14 bits per heavy atom. The van der Waals surface area contributed by atoms with E-state index in [-0.39, 0.29) is 17.6 Å². The molecule has 0 radical (unpaired) electrons. The van der Waals surface area contributed by atoms with E-state index in [1.807, 2.05) is 11.0 Å². The van der Waals surface area contributed by atoms with Crippen LogP contribution >= 0.6 is 0 Å². The zero-order chi connectivity index (χ0) is 31.1. The summed E-state index contributed by atoms with van der Waals surface area (Å²) in [6.07, 6.45) is 7.94. The highest BCUT2D eigenvalue weighted by Gasteiger charge is 2.29.